The molecule has 0 aliphatic carbocycles. The number of carbonyl (C=O) groups excluding carboxylic acids is 3. The van der Waals surface area contributed by atoms with Crippen molar-refractivity contribution in [3.63, 3.8) is 0 Å². The van der Waals surface area contributed by atoms with Gasteiger partial charge in [0.15, 0.2) is 5.78 Å². The molecule has 1 aromatic carbocycles. The number of halogens is 1. The third-order valence-electron chi connectivity index (χ3n) is 3.61. The van der Waals surface area contributed by atoms with Crippen molar-refractivity contribution in [2.24, 2.45) is 5.41 Å². The van der Waals surface area contributed by atoms with E-state index in [2.05, 4.69) is 5.32 Å². The van der Waals surface area contributed by atoms with Crippen molar-refractivity contribution in [3.05, 3.63) is 46.0 Å². The molecule has 0 aromatic heterocycles. The SMILES string of the molecule is CC(C)(C)C(=O)/C=C1\SCC(=O)N1CC(=O)NCc1ccc(Cl)cc1. The molecule has 0 unspecified atom stereocenters. The second kappa shape index (κ2) is 8.06. The van der Waals surface area contributed by atoms with Crippen LogP contribution in [0.4, 0.5) is 0 Å². The minimum absolute atomic E-state index is 0.0729. The number of amides is 2. The molecule has 25 heavy (non-hydrogen) atoms. The minimum atomic E-state index is -0.526. The van der Waals surface area contributed by atoms with Crippen molar-refractivity contribution in [2.75, 3.05) is 12.3 Å². The Labute approximate surface area is 156 Å². The Morgan fingerprint density at radius 3 is 2.52 bits per heavy atom. The fraction of sp³-hybridized carbons (Fsp3) is 0.389. The lowest BCUT2D eigenvalue weighted by Crippen LogP contribution is -2.37. The van der Waals surface area contributed by atoms with Crippen LogP contribution in [0.15, 0.2) is 35.4 Å². The summed E-state index contributed by atoms with van der Waals surface area (Å²) in [6, 6.07) is 7.16. The third kappa shape index (κ3) is 5.61. The normalized spacial score (nSPS) is 16.4. The molecule has 0 atom stereocenters. The number of allylic oxidation sites excluding steroid dienone is 1. The molecule has 1 saturated heterocycles. The predicted octanol–water partition coefficient (Wildman–Crippen LogP) is 2.99. The average Bonchev–Trinajstić information content (AvgIpc) is 2.86. The van der Waals surface area contributed by atoms with E-state index in [4.69, 9.17) is 11.6 Å². The largest absolute Gasteiger partial charge is 0.350 e. The molecule has 0 spiro atoms. The molecule has 134 valence electrons. The number of hydrogen-bond donors (Lipinski definition) is 1. The van der Waals surface area contributed by atoms with Crippen LogP contribution in [0.3, 0.4) is 0 Å². The Balaban J connectivity index is 1.97. The molecule has 7 heteroatoms. The van der Waals surface area contributed by atoms with Gasteiger partial charge in [-0.1, -0.05) is 56.3 Å². The van der Waals surface area contributed by atoms with E-state index in [1.54, 1.807) is 12.1 Å². The second-order valence-electron chi connectivity index (χ2n) is 6.77. The number of hydrogen-bond acceptors (Lipinski definition) is 4. The monoisotopic (exact) mass is 380 g/mol. The molecule has 5 nitrogen and oxygen atoms in total. The van der Waals surface area contributed by atoms with Crippen LogP contribution in [-0.2, 0) is 20.9 Å². The fourth-order valence-corrected chi connectivity index (χ4v) is 3.10. The summed E-state index contributed by atoms with van der Waals surface area (Å²) in [5, 5.41) is 3.94. The smallest absolute Gasteiger partial charge is 0.240 e. The highest BCUT2D eigenvalue weighted by Crippen LogP contribution is 2.30. The van der Waals surface area contributed by atoms with E-state index in [0.29, 0.717) is 16.6 Å². The van der Waals surface area contributed by atoms with Crippen molar-refractivity contribution in [1.82, 2.24) is 10.2 Å². The molecule has 0 radical (unpaired) electrons. The first-order valence-corrected chi connectivity index (χ1v) is 9.23. The number of benzene rings is 1. The lowest BCUT2D eigenvalue weighted by Gasteiger charge is -2.19. The maximum Gasteiger partial charge on any atom is 0.240 e. The number of thioether (sulfide) groups is 1. The van der Waals surface area contributed by atoms with E-state index in [1.165, 1.54) is 22.7 Å². The Morgan fingerprint density at radius 1 is 1.28 bits per heavy atom. The van der Waals surface area contributed by atoms with Gasteiger partial charge in [0.1, 0.15) is 6.54 Å². The lowest BCUT2D eigenvalue weighted by atomic mass is 9.91. The van der Waals surface area contributed by atoms with Crippen LogP contribution in [-0.4, -0.2) is 34.8 Å². The standard InChI is InChI=1S/C18H21ClN2O3S/c1-18(2,3)14(22)8-17-21(16(24)11-25-17)10-15(23)20-9-12-4-6-13(19)7-5-12/h4-8H,9-11H2,1-3H3,(H,20,23)/b17-8-. The van der Waals surface area contributed by atoms with Crippen LogP contribution in [0, 0.1) is 5.41 Å². The summed E-state index contributed by atoms with van der Waals surface area (Å²) < 4.78 is 0. The van der Waals surface area contributed by atoms with Gasteiger partial charge in [0, 0.05) is 23.1 Å². The minimum Gasteiger partial charge on any atom is -0.350 e. The zero-order valence-corrected chi connectivity index (χ0v) is 16.0. The average molecular weight is 381 g/mol. The third-order valence-corrected chi connectivity index (χ3v) is 4.89. The number of ketones is 1. The summed E-state index contributed by atoms with van der Waals surface area (Å²) >= 11 is 7.11. The molecule has 1 aromatic rings. The number of nitrogens with one attached hydrogen (secondary N) is 1. The van der Waals surface area contributed by atoms with Gasteiger partial charge < -0.3 is 5.32 Å². The molecule has 0 bridgehead atoms. The Bertz CT molecular complexity index is 708. The quantitative estimate of drug-likeness (QED) is 0.797. The van der Waals surface area contributed by atoms with Crippen molar-refractivity contribution in [2.45, 2.75) is 27.3 Å². The van der Waals surface area contributed by atoms with Crippen molar-refractivity contribution < 1.29 is 14.4 Å². The molecule has 1 heterocycles. The summed E-state index contributed by atoms with van der Waals surface area (Å²) in [5.74, 6) is -0.274. The molecular weight excluding hydrogens is 360 g/mol. The highest BCUT2D eigenvalue weighted by atomic mass is 35.5. The summed E-state index contributed by atoms with van der Waals surface area (Å²) in [6.07, 6.45) is 1.46. The molecule has 0 saturated carbocycles. The van der Waals surface area contributed by atoms with E-state index in [9.17, 15) is 14.4 Å². The molecule has 1 N–H and O–H groups in total. The second-order valence-corrected chi connectivity index (χ2v) is 8.20. The molecular formula is C18H21ClN2O3S. The van der Waals surface area contributed by atoms with Crippen molar-refractivity contribution >= 4 is 41.0 Å². The first-order valence-electron chi connectivity index (χ1n) is 7.87. The molecule has 1 aliphatic heterocycles. The van der Waals surface area contributed by atoms with Gasteiger partial charge in [-0.2, -0.15) is 0 Å². The van der Waals surface area contributed by atoms with Gasteiger partial charge in [0.05, 0.1) is 10.8 Å². The first-order chi connectivity index (χ1) is 11.7. The zero-order valence-electron chi connectivity index (χ0n) is 14.5. The summed E-state index contributed by atoms with van der Waals surface area (Å²) in [6.45, 7) is 5.71. The van der Waals surface area contributed by atoms with E-state index >= 15 is 0 Å². The van der Waals surface area contributed by atoms with Crippen LogP contribution in [0.2, 0.25) is 5.02 Å². The maximum absolute atomic E-state index is 12.2. The Kier molecular flexibility index (Phi) is 6.30. The topological polar surface area (TPSA) is 66.5 Å². The molecule has 2 amide bonds. The van der Waals surface area contributed by atoms with Gasteiger partial charge in [-0.15, -0.1) is 0 Å². The molecule has 2 rings (SSSR count). The Hall–Kier alpha value is -1.79. The molecule has 1 fully saturated rings. The van der Waals surface area contributed by atoms with Crippen molar-refractivity contribution in [1.29, 1.82) is 0 Å². The van der Waals surface area contributed by atoms with E-state index in [-0.39, 0.29) is 29.9 Å². The van der Waals surface area contributed by atoms with Crippen LogP contribution in [0.5, 0.6) is 0 Å². The van der Waals surface area contributed by atoms with Crippen LogP contribution >= 0.6 is 23.4 Å². The summed E-state index contributed by atoms with van der Waals surface area (Å²) in [4.78, 5) is 37.7. The van der Waals surface area contributed by atoms with Gasteiger partial charge in [-0.25, -0.2) is 0 Å². The van der Waals surface area contributed by atoms with Gasteiger partial charge in [-0.3, -0.25) is 19.3 Å². The van der Waals surface area contributed by atoms with Crippen LogP contribution in [0.25, 0.3) is 0 Å². The summed E-state index contributed by atoms with van der Waals surface area (Å²) in [7, 11) is 0. The maximum atomic E-state index is 12.2. The van der Waals surface area contributed by atoms with Gasteiger partial charge in [-0.05, 0) is 17.7 Å². The van der Waals surface area contributed by atoms with E-state index < -0.39 is 5.41 Å². The van der Waals surface area contributed by atoms with E-state index in [1.807, 2.05) is 32.9 Å². The number of rotatable bonds is 5. The van der Waals surface area contributed by atoms with Crippen LogP contribution < -0.4 is 5.32 Å². The molecule has 1 aliphatic rings. The lowest BCUT2D eigenvalue weighted by molar-refractivity contribution is -0.131. The number of carbonyl (C=O) groups is 3. The Morgan fingerprint density at radius 2 is 1.92 bits per heavy atom. The van der Waals surface area contributed by atoms with Crippen LogP contribution in [0.1, 0.15) is 26.3 Å². The highest BCUT2D eigenvalue weighted by Gasteiger charge is 2.30. The zero-order chi connectivity index (χ0) is 18.6. The first kappa shape index (κ1) is 19.5. The number of nitrogens with zero attached hydrogens (tertiary/aromatic N) is 1. The summed E-state index contributed by atoms with van der Waals surface area (Å²) in [5.41, 5.74) is 0.389. The van der Waals surface area contributed by atoms with Gasteiger partial charge >= 0.3 is 0 Å². The highest BCUT2D eigenvalue weighted by molar-refractivity contribution is 8.04. The predicted molar refractivity (Wildman–Crippen MR) is 100 cm³/mol. The van der Waals surface area contributed by atoms with Crippen molar-refractivity contribution in [3.8, 4) is 0 Å². The fourth-order valence-electron chi connectivity index (χ4n) is 2.03. The van der Waals surface area contributed by atoms with Gasteiger partial charge in [0.25, 0.3) is 0 Å². The van der Waals surface area contributed by atoms with Gasteiger partial charge in [0.2, 0.25) is 11.8 Å². The van der Waals surface area contributed by atoms with E-state index in [0.717, 1.165) is 5.56 Å².